The molecule has 0 bridgehead atoms. The average Bonchev–Trinajstić information content (AvgIpc) is 2.59. The second kappa shape index (κ2) is 8.57. The molecule has 2 rings (SSSR count). The molecule has 9 heteroatoms. The van der Waals surface area contributed by atoms with Gasteiger partial charge in [-0.3, -0.25) is 9.59 Å². The fraction of sp³-hybridized carbons (Fsp3) is 0.176. The van der Waals surface area contributed by atoms with Gasteiger partial charge >= 0.3 is 6.18 Å². The molecule has 0 saturated heterocycles. The number of carbonyl (C=O) groups excluding carboxylic acids is 2. The molecule has 0 aliphatic carbocycles. The fourth-order valence-corrected chi connectivity index (χ4v) is 2.09. The third kappa shape index (κ3) is 6.29. The van der Waals surface area contributed by atoms with E-state index >= 15 is 0 Å². The first-order valence-corrected chi connectivity index (χ1v) is 7.74. The van der Waals surface area contributed by atoms with Crippen LogP contribution in [-0.2, 0) is 4.79 Å². The molecular weight excluding hydrogens is 373 g/mol. The van der Waals surface area contributed by atoms with Crippen LogP contribution in [0.3, 0.4) is 0 Å². The molecular formula is C17H14ClF3N2O3. The lowest BCUT2D eigenvalue weighted by molar-refractivity contribution is -0.139. The maximum absolute atomic E-state index is 12.4. The van der Waals surface area contributed by atoms with Gasteiger partial charge in [0.25, 0.3) is 11.8 Å². The molecule has 2 aromatic rings. The van der Waals surface area contributed by atoms with Gasteiger partial charge in [-0.15, -0.1) is 0 Å². The first kappa shape index (κ1) is 19.6. The monoisotopic (exact) mass is 386 g/mol. The number of carbonyl (C=O) groups is 2. The molecule has 0 heterocycles. The smallest absolute Gasteiger partial charge is 0.405 e. The van der Waals surface area contributed by atoms with Crippen molar-refractivity contribution in [2.24, 2.45) is 0 Å². The van der Waals surface area contributed by atoms with E-state index in [0.29, 0.717) is 5.69 Å². The fourth-order valence-electron chi connectivity index (χ4n) is 1.92. The standard InChI is InChI=1S/C17H14ClF3N2O3/c18-11-6-7-14(26-9-15(24)22-10-17(19,20)21)13(8-11)16(25)23-12-4-2-1-3-5-12/h1-8H,9-10H2,(H,22,24)(H,23,25). The molecule has 0 spiro atoms. The van der Waals surface area contributed by atoms with E-state index in [2.05, 4.69) is 5.32 Å². The predicted molar refractivity (Wildman–Crippen MR) is 90.4 cm³/mol. The SMILES string of the molecule is O=C(COc1ccc(Cl)cc1C(=O)Nc1ccccc1)NCC(F)(F)F. The number of amides is 2. The molecule has 2 amide bonds. The Hall–Kier alpha value is -2.74. The van der Waals surface area contributed by atoms with E-state index in [0.717, 1.165) is 0 Å². The van der Waals surface area contributed by atoms with Crippen molar-refractivity contribution in [2.45, 2.75) is 6.18 Å². The van der Waals surface area contributed by atoms with Crippen LogP contribution in [0.5, 0.6) is 5.75 Å². The van der Waals surface area contributed by atoms with Gasteiger partial charge in [-0.05, 0) is 30.3 Å². The van der Waals surface area contributed by atoms with Gasteiger partial charge in [-0.1, -0.05) is 29.8 Å². The van der Waals surface area contributed by atoms with E-state index < -0.39 is 31.1 Å². The van der Waals surface area contributed by atoms with Crippen LogP contribution < -0.4 is 15.4 Å². The second-order valence-electron chi connectivity index (χ2n) is 5.14. The molecule has 2 N–H and O–H groups in total. The quantitative estimate of drug-likeness (QED) is 0.796. The topological polar surface area (TPSA) is 67.4 Å². The number of hydrogen-bond acceptors (Lipinski definition) is 3. The number of benzene rings is 2. The zero-order valence-electron chi connectivity index (χ0n) is 13.3. The third-order valence-corrected chi connectivity index (χ3v) is 3.30. The van der Waals surface area contributed by atoms with E-state index in [1.165, 1.54) is 18.2 Å². The van der Waals surface area contributed by atoms with Crippen LogP contribution in [0, 0.1) is 0 Å². The van der Waals surface area contributed by atoms with Gasteiger partial charge < -0.3 is 15.4 Å². The summed E-state index contributed by atoms with van der Waals surface area (Å²) in [6.07, 6.45) is -4.52. The summed E-state index contributed by atoms with van der Waals surface area (Å²) in [6, 6.07) is 12.7. The van der Waals surface area contributed by atoms with Crippen molar-refractivity contribution in [2.75, 3.05) is 18.5 Å². The van der Waals surface area contributed by atoms with Crippen LogP contribution >= 0.6 is 11.6 Å². The van der Waals surface area contributed by atoms with Crippen molar-refractivity contribution in [1.82, 2.24) is 5.32 Å². The van der Waals surface area contributed by atoms with Crippen LogP contribution in [0.4, 0.5) is 18.9 Å². The Labute approximate surface area is 152 Å². The van der Waals surface area contributed by atoms with Gasteiger partial charge in [-0.25, -0.2) is 0 Å². The van der Waals surface area contributed by atoms with Gasteiger partial charge in [0, 0.05) is 10.7 Å². The van der Waals surface area contributed by atoms with Crippen molar-refractivity contribution in [1.29, 1.82) is 0 Å². The molecule has 138 valence electrons. The molecule has 0 fully saturated rings. The highest BCUT2D eigenvalue weighted by Gasteiger charge is 2.27. The summed E-state index contributed by atoms with van der Waals surface area (Å²) in [7, 11) is 0. The lowest BCUT2D eigenvalue weighted by atomic mass is 10.2. The highest BCUT2D eigenvalue weighted by molar-refractivity contribution is 6.31. The number of nitrogens with one attached hydrogen (secondary N) is 2. The zero-order valence-corrected chi connectivity index (χ0v) is 14.0. The Bertz CT molecular complexity index is 783. The third-order valence-electron chi connectivity index (χ3n) is 3.06. The predicted octanol–water partition coefficient (Wildman–Crippen LogP) is 3.65. The molecule has 5 nitrogen and oxygen atoms in total. The molecule has 0 saturated carbocycles. The van der Waals surface area contributed by atoms with E-state index in [-0.39, 0.29) is 16.3 Å². The maximum Gasteiger partial charge on any atom is 0.405 e. The number of halogens is 4. The Morgan fingerprint density at radius 2 is 1.77 bits per heavy atom. The minimum atomic E-state index is -4.52. The summed E-state index contributed by atoms with van der Waals surface area (Å²) < 4.78 is 41.4. The Morgan fingerprint density at radius 1 is 1.08 bits per heavy atom. The highest BCUT2D eigenvalue weighted by atomic mass is 35.5. The summed E-state index contributed by atoms with van der Waals surface area (Å²) in [6.45, 7) is -2.14. The maximum atomic E-state index is 12.4. The van der Waals surface area contributed by atoms with Crippen molar-refractivity contribution in [3.05, 3.63) is 59.1 Å². The summed E-state index contributed by atoms with van der Waals surface area (Å²) in [5.74, 6) is -1.49. The molecule has 26 heavy (non-hydrogen) atoms. The van der Waals surface area contributed by atoms with Crippen molar-refractivity contribution in [3.8, 4) is 5.75 Å². The first-order chi connectivity index (χ1) is 12.2. The molecule has 2 aromatic carbocycles. The largest absolute Gasteiger partial charge is 0.483 e. The van der Waals surface area contributed by atoms with Crippen LogP contribution in [0.2, 0.25) is 5.02 Å². The van der Waals surface area contributed by atoms with Crippen molar-refractivity contribution >= 4 is 29.1 Å². The normalized spacial score (nSPS) is 10.9. The molecule has 0 unspecified atom stereocenters. The number of ether oxygens (including phenoxy) is 1. The summed E-state index contributed by atoms with van der Waals surface area (Å²) in [5.41, 5.74) is 0.580. The van der Waals surface area contributed by atoms with Crippen LogP contribution in [0.1, 0.15) is 10.4 Å². The average molecular weight is 387 g/mol. The molecule has 0 radical (unpaired) electrons. The minimum absolute atomic E-state index is 0.0185. The zero-order chi connectivity index (χ0) is 19.2. The van der Waals surface area contributed by atoms with E-state index in [1.807, 2.05) is 0 Å². The Morgan fingerprint density at radius 3 is 2.42 bits per heavy atom. The highest BCUT2D eigenvalue weighted by Crippen LogP contribution is 2.24. The van der Waals surface area contributed by atoms with E-state index in [9.17, 15) is 22.8 Å². The molecule has 0 aromatic heterocycles. The number of rotatable bonds is 6. The number of alkyl halides is 3. The summed E-state index contributed by atoms with van der Waals surface area (Å²) in [5, 5.41) is 4.57. The van der Waals surface area contributed by atoms with Crippen LogP contribution in [-0.4, -0.2) is 31.1 Å². The summed E-state index contributed by atoms with van der Waals surface area (Å²) >= 11 is 5.89. The number of anilines is 1. The molecule has 0 aliphatic rings. The molecule has 0 atom stereocenters. The second-order valence-corrected chi connectivity index (χ2v) is 5.58. The van der Waals surface area contributed by atoms with Gasteiger partial charge in [-0.2, -0.15) is 13.2 Å². The van der Waals surface area contributed by atoms with Crippen LogP contribution in [0.25, 0.3) is 0 Å². The summed E-state index contributed by atoms with van der Waals surface area (Å²) in [4.78, 5) is 23.8. The van der Waals surface area contributed by atoms with Gasteiger partial charge in [0.2, 0.25) is 0 Å². The van der Waals surface area contributed by atoms with Gasteiger partial charge in [0.1, 0.15) is 12.3 Å². The van der Waals surface area contributed by atoms with Gasteiger partial charge in [0.05, 0.1) is 5.56 Å². The number of para-hydroxylation sites is 1. The Balaban J connectivity index is 2.05. The lowest BCUT2D eigenvalue weighted by Gasteiger charge is -2.13. The lowest BCUT2D eigenvalue weighted by Crippen LogP contribution is -2.36. The van der Waals surface area contributed by atoms with Gasteiger partial charge in [0.15, 0.2) is 6.61 Å². The van der Waals surface area contributed by atoms with Crippen LogP contribution in [0.15, 0.2) is 48.5 Å². The first-order valence-electron chi connectivity index (χ1n) is 7.37. The van der Waals surface area contributed by atoms with E-state index in [1.54, 1.807) is 35.6 Å². The van der Waals surface area contributed by atoms with Crippen molar-refractivity contribution < 1.29 is 27.5 Å². The van der Waals surface area contributed by atoms with E-state index in [4.69, 9.17) is 16.3 Å². The Kier molecular flexibility index (Phi) is 6.46. The van der Waals surface area contributed by atoms with Crippen molar-refractivity contribution in [3.63, 3.8) is 0 Å². The molecule has 0 aliphatic heterocycles. The minimum Gasteiger partial charge on any atom is -0.483 e. The number of hydrogen-bond donors (Lipinski definition) is 2.